The SMILES string of the molecule is CS(=O)(=O)Nc1ncc(C(F)(F)F)cc1NC(=O)C(F)(F)Cl. The standard InChI is InChI=1S/C9H7ClF5N3O3S/c1-22(20,21)18-6-5(17-7(19)8(10,11)12)2-4(3-16-6)9(13,14)15/h2-3H,1H3,(H,16,18)(H,17,19). The number of hydrogen-bond donors (Lipinski definition) is 2. The number of carbonyl (C=O) groups excluding carboxylic acids is 1. The molecule has 0 aliphatic rings. The fourth-order valence-electron chi connectivity index (χ4n) is 1.17. The topological polar surface area (TPSA) is 88.2 Å². The van der Waals surface area contributed by atoms with Gasteiger partial charge in [-0.25, -0.2) is 13.4 Å². The molecule has 0 fully saturated rings. The van der Waals surface area contributed by atoms with Crippen molar-refractivity contribution in [2.45, 2.75) is 11.6 Å². The summed E-state index contributed by atoms with van der Waals surface area (Å²) in [7, 11) is -3.98. The van der Waals surface area contributed by atoms with Crippen LogP contribution in [-0.4, -0.2) is 30.9 Å². The number of sulfonamides is 1. The van der Waals surface area contributed by atoms with Crippen molar-refractivity contribution in [2.75, 3.05) is 16.3 Å². The molecule has 0 aliphatic heterocycles. The van der Waals surface area contributed by atoms with Crippen LogP contribution in [0.25, 0.3) is 0 Å². The van der Waals surface area contributed by atoms with Crippen LogP contribution in [0.4, 0.5) is 33.5 Å². The van der Waals surface area contributed by atoms with Crippen molar-refractivity contribution in [1.82, 2.24) is 4.98 Å². The predicted octanol–water partition coefficient (Wildman–Crippen LogP) is 2.24. The van der Waals surface area contributed by atoms with Crippen molar-refractivity contribution in [3.63, 3.8) is 0 Å². The van der Waals surface area contributed by atoms with Crippen LogP contribution in [0.5, 0.6) is 0 Å². The quantitative estimate of drug-likeness (QED) is 0.631. The number of alkyl halides is 6. The third-order valence-electron chi connectivity index (χ3n) is 2.00. The maximum absolute atomic E-state index is 12.6. The van der Waals surface area contributed by atoms with Crippen molar-refractivity contribution >= 4 is 39.0 Å². The minimum atomic E-state index is -4.89. The third-order valence-corrected chi connectivity index (χ3v) is 2.74. The van der Waals surface area contributed by atoms with Crippen LogP contribution in [0.2, 0.25) is 0 Å². The summed E-state index contributed by atoms with van der Waals surface area (Å²) in [6, 6.07) is 0.237. The molecular formula is C9H7ClF5N3O3S. The van der Waals surface area contributed by atoms with Crippen molar-refractivity contribution in [3.05, 3.63) is 17.8 Å². The van der Waals surface area contributed by atoms with Gasteiger partial charge in [0, 0.05) is 6.20 Å². The van der Waals surface area contributed by atoms with E-state index in [-0.39, 0.29) is 12.3 Å². The fourth-order valence-corrected chi connectivity index (χ4v) is 1.73. The van der Waals surface area contributed by atoms with Gasteiger partial charge in [-0.05, 0) is 17.7 Å². The Labute approximate surface area is 125 Å². The van der Waals surface area contributed by atoms with Gasteiger partial charge in [-0.1, -0.05) is 0 Å². The van der Waals surface area contributed by atoms with Crippen LogP contribution in [-0.2, 0) is 21.0 Å². The first-order valence-electron chi connectivity index (χ1n) is 5.13. The van der Waals surface area contributed by atoms with Crippen LogP contribution in [0.1, 0.15) is 5.56 Å². The number of hydrogen-bond acceptors (Lipinski definition) is 4. The summed E-state index contributed by atoms with van der Waals surface area (Å²) in [5, 5.41) is -3.03. The van der Waals surface area contributed by atoms with E-state index in [1.165, 1.54) is 5.32 Å². The number of halogens is 6. The molecule has 0 aromatic carbocycles. The molecule has 124 valence electrons. The minimum absolute atomic E-state index is 0.237. The molecule has 0 atom stereocenters. The molecule has 2 N–H and O–H groups in total. The number of aromatic nitrogens is 1. The Balaban J connectivity index is 3.31. The predicted molar refractivity (Wildman–Crippen MR) is 67.1 cm³/mol. The lowest BCUT2D eigenvalue weighted by Crippen LogP contribution is -2.30. The van der Waals surface area contributed by atoms with E-state index in [0.29, 0.717) is 6.26 Å². The number of anilines is 2. The fraction of sp³-hybridized carbons (Fsp3) is 0.333. The molecule has 22 heavy (non-hydrogen) atoms. The van der Waals surface area contributed by atoms with Gasteiger partial charge < -0.3 is 5.32 Å². The Kier molecular flexibility index (Phi) is 4.87. The molecule has 1 aromatic rings. The summed E-state index contributed by atoms with van der Waals surface area (Å²) in [4.78, 5) is 14.2. The Morgan fingerprint density at radius 2 is 1.82 bits per heavy atom. The van der Waals surface area contributed by atoms with E-state index < -0.39 is 44.6 Å². The monoisotopic (exact) mass is 367 g/mol. The minimum Gasteiger partial charge on any atom is -0.316 e. The Hall–Kier alpha value is -1.69. The lowest BCUT2D eigenvalue weighted by molar-refractivity contribution is -0.137. The molecule has 0 aliphatic carbocycles. The van der Waals surface area contributed by atoms with E-state index in [2.05, 4.69) is 16.6 Å². The van der Waals surface area contributed by atoms with E-state index in [0.717, 1.165) is 0 Å². The highest BCUT2D eigenvalue weighted by molar-refractivity contribution is 7.92. The number of nitrogens with zero attached hydrogens (tertiary/aromatic N) is 1. The molecule has 1 amide bonds. The summed E-state index contributed by atoms with van der Waals surface area (Å²) in [6.45, 7) is 0. The molecule has 6 nitrogen and oxygen atoms in total. The largest absolute Gasteiger partial charge is 0.417 e. The van der Waals surface area contributed by atoms with Crippen LogP contribution >= 0.6 is 11.6 Å². The zero-order chi connectivity index (χ0) is 17.3. The molecule has 0 unspecified atom stereocenters. The number of pyridine rings is 1. The average Bonchev–Trinajstić information content (AvgIpc) is 2.26. The normalized spacial score (nSPS) is 12.9. The maximum atomic E-state index is 12.6. The lowest BCUT2D eigenvalue weighted by Gasteiger charge is -2.15. The first kappa shape index (κ1) is 18.4. The zero-order valence-electron chi connectivity index (χ0n) is 10.5. The Morgan fingerprint density at radius 3 is 2.23 bits per heavy atom. The lowest BCUT2D eigenvalue weighted by atomic mass is 10.2. The van der Waals surface area contributed by atoms with E-state index in [1.807, 2.05) is 0 Å². The van der Waals surface area contributed by atoms with Crippen LogP contribution in [0.3, 0.4) is 0 Å². The maximum Gasteiger partial charge on any atom is 0.417 e. The molecule has 0 bridgehead atoms. The Morgan fingerprint density at radius 1 is 1.27 bits per heavy atom. The van der Waals surface area contributed by atoms with Crippen molar-refractivity contribution in [2.24, 2.45) is 0 Å². The van der Waals surface area contributed by atoms with Gasteiger partial charge in [-0.3, -0.25) is 9.52 Å². The van der Waals surface area contributed by atoms with Gasteiger partial charge in [0.2, 0.25) is 10.0 Å². The molecule has 0 spiro atoms. The summed E-state index contributed by atoms with van der Waals surface area (Å²) >= 11 is 4.42. The summed E-state index contributed by atoms with van der Waals surface area (Å²) < 4.78 is 86.6. The smallest absolute Gasteiger partial charge is 0.316 e. The molecule has 0 saturated heterocycles. The summed E-state index contributed by atoms with van der Waals surface area (Å²) in [6.07, 6.45) is -3.98. The highest BCUT2D eigenvalue weighted by atomic mass is 35.5. The second-order valence-electron chi connectivity index (χ2n) is 3.94. The second kappa shape index (κ2) is 5.83. The molecule has 1 heterocycles. The van der Waals surface area contributed by atoms with Gasteiger partial charge >= 0.3 is 17.5 Å². The molecular weight excluding hydrogens is 361 g/mol. The molecule has 0 saturated carbocycles. The van der Waals surface area contributed by atoms with Crippen LogP contribution < -0.4 is 10.0 Å². The molecule has 13 heteroatoms. The number of rotatable bonds is 4. The van der Waals surface area contributed by atoms with E-state index in [9.17, 15) is 35.2 Å². The van der Waals surface area contributed by atoms with Gasteiger partial charge in [0.25, 0.3) is 0 Å². The first-order valence-corrected chi connectivity index (χ1v) is 7.40. The molecule has 1 rings (SSSR count). The van der Waals surface area contributed by atoms with E-state index in [1.54, 1.807) is 4.72 Å². The van der Waals surface area contributed by atoms with Gasteiger partial charge in [0.15, 0.2) is 5.82 Å². The number of nitrogens with one attached hydrogen (secondary N) is 2. The summed E-state index contributed by atoms with van der Waals surface area (Å²) in [5.74, 6) is -2.92. The van der Waals surface area contributed by atoms with Gasteiger partial charge in [0.1, 0.15) is 0 Å². The number of amides is 1. The van der Waals surface area contributed by atoms with Gasteiger partial charge in [-0.15, -0.1) is 0 Å². The van der Waals surface area contributed by atoms with Crippen molar-refractivity contribution in [1.29, 1.82) is 0 Å². The van der Waals surface area contributed by atoms with E-state index in [4.69, 9.17) is 0 Å². The number of carbonyl (C=O) groups is 1. The van der Waals surface area contributed by atoms with Gasteiger partial charge in [-0.2, -0.15) is 22.0 Å². The second-order valence-corrected chi connectivity index (χ2v) is 6.17. The highest BCUT2D eigenvalue weighted by Gasteiger charge is 2.37. The van der Waals surface area contributed by atoms with Crippen molar-refractivity contribution < 1.29 is 35.2 Å². The summed E-state index contributed by atoms with van der Waals surface area (Å²) in [5.41, 5.74) is -2.31. The van der Waals surface area contributed by atoms with Crippen molar-refractivity contribution in [3.8, 4) is 0 Å². The highest BCUT2D eigenvalue weighted by Crippen LogP contribution is 2.33. The van der Waals surface area contributed by atoms with E-state index >= 15 is 0 Å². The Bertz CT molecular complexity index is 687. The molecule has 1 aromatic heterocycles. The first-order chi connectivity index (χ1) is 9.70. The van der Waals surface area contributed by atoms with Gasteiger partial charge in [0.05, 0.1) is 17.5 Å². The molecule has 0 radical (unpaired) electrons. The third kappa shape index (κ3) is 5.26. The zero-order valence-corrected chi connectivity index (χ0v) is 12.1. The average molecular weight is 368 g/mol. The van der Waals surface area contributed by atoms with Crippen LogP contribution in [0.15, 0.2) is 12.3 Å². The van der Waals surface area contributed by atoms with Crippen LogP contribution in [0, 0.1) is 0 Å².